The van der Waals surface area contributed by atoms with Gasteiger partial charge in [-0.05, 0) is 55.5 Å². The van der Waals surface area contributed by atoms with Crippen LogP contribution in [0, 0.1) is 0 Å². The van der Waals surface area contributed by atoms with Crippen molar-refractivity contribution in [2.75, 3.05) is 10.6 Å². The lowest BCUT2D eigenvalue weighted by atomic mass is 10.1. The largest absolute Gasteiger partial charge is 0.482 e. The second-order valence-corrected chi connectivity index (χ2v) is 6.37. The Hall–Kier alpha value is -3.47. The lowest BCUT2D eigenvalue weighted by Gasteiger charge is -2.31. The van der Waals surface area contributed by atoms with Crippen molar-refractivity contribution >= 4 is 23.0 Å². The molecule has 1 aliphatic rings. The van der Waals surface area contributed by atoms with E-state index >= 15 is 0 Å². The lowest BCUT2D eigenvalue weighted by Crippen LogP contribution is -2.46. The molecule has 1 heterocycles. The normalized spacial score (nSPS) is 17.8. The second-order valence-electron chi connectivity index (χ2n) is 6.37. The van der Waals surface area contributed by atoms with E-state index in [-0.39, 0.29) is 12.0 Å². The van der Waals surface area contributed by atoms with Crippen molar-refractivity contribution in [3.8, 4) is 11.5 Å². The van der Waals surface area contributed by atoms with Crippen LogP contribution in [0.5, 0.6) is 11.5 Å². The van der Waals surface area contributed by atoms with Crippen LogP contribution in [0.2, 0.25) is 0 Å². The molecule has 0 saturated heterocycles. The highest BCUT2D eigenvalue weighted by atomic mass is 16.6. The number of nitrogens with one attached hydrogen (secondary N) is 2. The number of rotatable bonds is 4. The Morgan fingerprint density at radius 2 is 1.30 bits per heavy atom. The highest BCUT2D eigenvalue weighted by molar-refractivity contribution is 5.95. The van der Waals surface area contributed by atoms with Crippen LogP contribution in [0.15, 0.2) is 78.9 Å². The molecule has 0 bridgehead atoms. The lowest BCUT2D eigenvalue weighted by molar-refractivity contribution is -0.128. The standard InChI is InChI=1S/C22H20N2O3/c1-15-21(27-20-10-6-5-9-19(20)26-15)22(25)24-18-13-11-17(12-14-18)23-16-7-3-2-4-8-16/h2-15,21,23H,1H3,(H,24,25). The fraction of sp³-hybridized carbons (Fsp3) is 0.136. The summed E-state index contributed by atoms with van der Waals surface area (Å²) >= 11 is 0. The maximum Gasteiger partial charge on any atom is 0.269 e. The molecule has 0 fully saturated rings. The van der Waals surface area contributed by atoms with Crippen molar-refractivity contribution < 1.29 is 14.3 Å². The number of carbonyl (C=O) groups excluding carboxylic acids is 1. The first kappa shape index (κ1) is 17.0. The average Bonchev–Trinajstić information content (AvgIpc) is 2.69. The summed E-state index contributed by atoms with van der Waals surface area (Å²) in [5, 5.41) is 6.20. The van der Waals surface area contributed by atoms with E-state index in [1.165, 1.54) is 0 Å². The van der Waals surface area contributed by atoms with E-state index in [2.05, 4.69) is 10.6 Å². The van der Waals surface area contributed by atoms with Crippen LogP contribution >= 0.6 is 0 Å². The predicted octanol–water partition coefficient (Wildman–Crippen LogP) is 4.60. The molecule has 5 heteroatoms. The highest BCUT2D eigenvalue weighted by Crippen LogP contribution is 2.33. The second kappa shape index (κ2) is 7.41. The summed E-state index contributed by atoms with van der Waals surface area (Å²) in [6.07, 6.45) is -1.08. The number of fused-ring (bicyclic) bond motifs is 1. The molecule has 2 unspecified atom stereocenters. The van der Waals surface area contributed by atoms with Crippen LogP contribution in [0.1, 0.15) is 6.92 Å². The number of hydrogen-bond donors (Lipinski definition) is 2. The predicted molar refractivity (Wildman–Crippen MR) is 106 cm³/mol. The van der Waals surface area contributed by atoms with E-state index in [1.807, 2.05) is 79.7 Å². The van der Waals surface area contributed by atoms with Crippen molar-refractivity contribution in [1.82, 2.24) is 0 Å². The molecule has 0 aliphatic carbocycles. The summed E-state index contributed by atoms with van der Waals surface area (Å²) in [7, 11) is 0. The molecular weight excluding hydrogens is 340 g/mol. The Bertz CT molecular complexity index is 926. The Morgan fingerprint density at radius 3 is 2.00 bits per heavy atom. The first-order chi connectivity index (χ1) is 13.2. The van der Waals surface area contributed by atoms with Crippen LogP contribution in [0.25, 0.3) is 0 Å². The van der Waals surface area contributed by atoms with Gasteiger partial charge in [-0.3, -0.25) is 4.79 Å². The van der Waals surface area contributed by atoms with E-state index in [0.717, 1.165) is 11.4 Å². The number of amides is 1. The zero-order chi connectivity index (χ0) is 18.6. The quantitative estimate of drug-likeness (QED) is 0.714. The Morgan fingerprint density at radius 1 is 0.741 bits per heavy atom. The summed E-state index contributed by atoms with van der Waals surface area (Å²) in [4.78, 5) is 12.6. The summed E-state index contributed by atoms with van der Waals surface area (Å²) in [5.41, 5.74) is 2.65. The number of para-hydroxylation sites is 3. The molecular formula is C22H20N2O3. The van der Waals surface area contributed by atoms with Crippen LogP contribution < -0.4 is 20.1 Å². The number of carbonyl (C=O) groups is 1. The maximum absolute atomic E-state index is 12.6. The van der Waals surface area contributed by atoms with Gasteiger partial charge in [-0.1, -0.05) is 30.3 Å². The summed E-state index contributed by atoms with van der Waals surface area (Å²) in [5.74, 6) is 1.00. The van der Waals surface area contributed by atoms with Gasteiger partial charge in [0.25, 0.3) is 5.91 Å². The van der Waals surface area contributed by atoms with Crippen LogP contribution in [-0.2, 0) is 4.79 Å². The van der Waals surface area contributed by atoms with E-state index < -0.39 is 6.10 Å². The first-order valence-corrected chi connectivity index (χ1v) is 8.84. The number of hydrogen-bond acceptors (Lipinski definition) is 4. The Labute approximate surface area is 157 Å². The van der Waals surface area contributed by atoms with Gasteiger partial charge >= 0.3 is 0 Å². The fourth-order valence-corrected chi connectivity index (χ4v) is 2.94. The Kier molecular flexibility index (Phi) is 4.66. The zero-order valence-electron chi connectivity index (χ0n) is 14.9. The third kappa shape index (κ3) is 3.87. The SMILES string of the molecule is CC1Oc2ccccc2OC1C(=O)Nc1ccc(Nc2ccccc2)cc1. The molecule has 0 aromatic heterocycles. The monoisotopic (exact) mass is 360 g/mol. The van der Waals surface area contributed by atoms with Gasteiger partial charge in [0.1, 0.15) is 6.10 Å². The van der Waals surface area contributed by atoms with Gasteiger partial charge in [-0.2, -0.15) is 0 Å². The third-order valence-corrected chi connectivity index (χ3v) is 4.32. The van der Waals surface area contributed by atoms with Crippen molar-refractivity contribution in [3.05, 3.63) is 78.9 Å². The molecule has 0 radical (unpaired) electrons. The van der Waals surface area contributed by atoms with E-state index in [0.29, 0.717) is 17.2 Å². The molecule has 0 spiro atoms. The molecule has 2 N–H and O–H groups in total. The fourth-order valence-electron chi connectivity index (χ4n) is 2.94. The Balaban J connectivity index is 1.41. The van der Waals surface area contributed by atoms with Gasteiger partial charge in [0.05, 0.1) is 0 Å². The molecule has 1 amide bonds. The minimum Gasteiger partial charge on any atom is -0.482 e. The molecule has 3 aromatic rings. The van der Waals surface area contributed by atoms with Crippen LogP contribution in [0.3, 0.4) is 0 Å². The molecule has 4 rings (SSSR count). The molecule has 1 aliphatic heterocycles. The summed E-state index contributed by atoms with van der Waals surface area (Å²) in [6.45, 7) is 1.83. The highest BCUT2D eigenvalue weighted by Gasteiger charge is 2.34. The van der Waals surface area contributed by atoms with Crippen molar-refractivity contribution in [3.63, 3.8) is 0 Å². The van der Waals surface area contributed by atoms with Gasteiger partial charge in [0, 0.05) is 17.1 Å². The molecule has 5 nitrogen and oxygen atoms in total. The van der Waals surface area contributed by atoms with Crippen LogP contribution in [-0.4, -0.2) is 18.1 Å². The molecule has 2 atom stereocenters. The smallest absolute Gasteiger partial charge is 0.269 e. The third-order valence-electron chi connectivity index (χ3n) is 4.32. The van der Waals surface area contributed by atoms with Crippen molar-refractivity contribution in [2.24, 2.45) is 0 Å². The molecule has 0 saturated carbocycles. The minimum absolute atomic E-state index is 0.235. The topological polar surface area (TPSA) is 59.6 Å². The molecule has 3 aromatic carbocycles. The minimum atomic E-state index is -0.706. The van der Waals surface area contributed by atoms with Gasteiger partial charge in [-0.25, -0.2) is 0 Å². The van der Waals surface area contributed by atoms with Crippen LogP contribution in [0.4, 0.5) is 17.1 Å². The molecule has 136 valence electrons. The van der Waals surface area contributed by atoms with Gasteiger partial charge in [0.15, 0.2) is 11.5 Å². The summed E-state index contributed by atoms with van der Waals surface area (Å²) in [6, 6.07) is 24.8. The molecule has 27 heavy (non-hydrogen) atoms. The van der Waals surface area contributed by atoms with E-state index in [1.54, 1.807) is 6.07 Å². The van der Waals surface area contributed by atoms with Gasteiger partial charge < -0.3 is 20.1 Å². The average molecular weight is 360 g/mol. The maximum atomic E-state index is 12.6. The number of benzene rings is 3. The zero-order valence-corrected chi connectivity index (χ0v) is 14.9. The summed E-state index contributed by atoms with van der Waals surface area (Å²) < 4.78 is 11.6. The van der Waals surface area contributed by atoms with Gasteiger partial charge in [0.2, 0.25) is 6.10 Å². The number of ether oxygens (including phenoxy) is 2. The number of anilines is 3. The first-order valence-electron chi connectivity index (χ1n) is 8.84. The van der Waals surface area contributed by atoms with Crippen molar-refractivity contribution in [2.45, 2.75) is 19.1 Å². The van der Waals surface area contributed by atoms with Crippen molar-refractivity contribution in [1.29, 1.82) is 0 Å². The van der Waals surface area contributed by atoms with E-state index in [4.69, 9.17) is 9.47 Å². The van der Waals surface area contributed by atoms with Gasteiger partial charge in [-0.15, -0.1) is 0 Å². The van der Waals surface area contributed by atoms with E-state index in [9.17, 15) is 4.79 Å².